The summed E-state index contributed by atoms with van der Waals surface area (Å²) in [6.45, 7) is 1.07. The average Bonchev–Trinajstić information content (AvgIpc) is 2.17. The van der Waals surface area contributed by atoms with E-state index < -0.39 is 32.9 Å². The van der Waals surface area contributed by atoms with Crippen LogP contribution in [-0.4, -0.2) is 8.42 Å². The lowest BCUT2D eigenvalue weighted by Crippen LogP contribution is -2.17. The van der Waals surface area contributed by atoms with E-state index >= 15 is 0 Å². The van der Waals surface area contributed by atoms with Crippen molar-refractivity contribution in [3.05, 3.63) is 34.6 Å². The minimum atomic E-state index is -4.10. The first kappa shape index (κ1) is 12.5. The number of nitriles is 1. The van der Waals surface area contributed by atoms with Crippen LogP contribution in [0, 0.1) is 24.1 Å². The van der Waals surface area contributed by atoms with Crippen LogP contribution in [-0.2, 0) is 16.0 Å². The first-order valence-electron chi connectivity index (χ1n) is 4.04. The molecule has 1 aromatic carbocycles. The predicted octanol–water partition coefficient (Wildman–Crippen LogP) is 1.67. The van der Waals surface area contributed by atoms with E-state index in [2.05, 4.69) is 0 Å². The van der Waals surface area contributed by atoms with Gasteiger partial charge in [-0.05, 0) is 24.6 Å². The van der Waals surface area contributed by atoms with Crippen molar-refractivity contribution in [3.63, 3.8) is 0 Å². The molecule has 0 aliphatic heterocycles. The molecule has 0 saturated carbocycles. The van der Waals surface area contributed by atoms with Gasteiger partial charge in [-0.25, -0.2) is 12.8 Å². The zero-order chi connectivity index (χ0) is 12.5. The number of alkyl halides is 2. The molecule has 0 bridgehead atoms. The Balaban J connectivity index is 3.56. The van der Waals surface area contributed by atoms with Gasteiger partial charge in [0.1, 0.15) is 11.9 Å². The lowest BCUT2D eigenvalue weighted by molar-refractivity contribution is 0.0945. The molecular weight excluding hydrogens is 243 g/mol. The van der Waals surface area contributed by atoms with Gasteiger partial charge >= 0.3 is 5.25 Å². The van der Waals surface area contributed by atoms with E-state index in [0.717, 1.165) is 6.92 Å². The first-order chi connectivity index (χ1) is 7.32. The van der Waals surface area contributed by atoms with Gasteiger partial charge in [-0.15, -0.1) is 0 Å². The lowest BCUT2D eigenvalue weighted by atomic mass is 10.0. The fraction of sp³-hybridized carbons (Fsp3) is 0.222. The number of thiol groups is 1. The topological polar surface area (TPSA) is 57.9 Å². The Morgan fingerprint density at radius 3 is 2.38 bits per heavy atom. The van der Waals surface area contributed by atoms with Crippen molar-refractivity contribution in [1.29, 1.82) is 5.26 Å². The normalized spacial score (nSPS) is 11.5. The molecule has 0 radical (unpaired) electrons. The zero-order valence-electron chi connectivity index (χ0n) is 8.00. The van der Waals surface area contributed by atoms with Gasteiger partial charge in [-0.1, -0.05) is 0 Å². The monoisotopic (exact) mass is 249 g/mol. The smallest absolute Gasteiger partial charge is 0.225 e. The summed E-state index contributed by atoms with van der Waals surface area (Å²) in [4.78, 5) is 0. The summed E-state index contributed by atoms with van der Waals surface area (Å²) in [5.41, 5.74) is -1.82. The molecule has 0 unspecified atom stereocenters. The number of hydrogen-bond donors (Lipinski definition) is 1. The minimum Gasteiger partial charge on any atom is -0.225 e. The van der Waals surface area contributed by atoms with Crippen LogP contribution in [0.1, 0.15) is 16.7 Å². The van der Waals surface area contributed by atoms with Gasteiger partial charge in [-0.3, -0.25) is 0 Å². The van der Waals surface area contributed by atoms with E-state index in [1.54, 1.807) is 0 Å². The van der Waals surface area contributed by atoms with Crippen molar-refractivity contribution in [1.82, 2.24) is 0 Å². The maximum Gasteiger partial charge on any atom is 0.368 e. The quantitative estimate of drug-likeness (QED) is 0.811. The van der Waals surface area contributed by atoms with Crippen LogP contribution in [0.15, 0.2) is 12.1 Å². The predicted molar refractivity (Wildman–Crippen MR) is 50.1 cm³/mol. The molecule has 1 aromatic rings. The summed E-state index contributed by atoms with van der Waals surface area (Å²) in [5.74, 6) is -0.958. The molecule has 0 atom stereocenters. The van der Waals surface area contributed by atoms with E-state index in [0.29, 0.717) is 12.1 Å². The Morgan fingerprint density at radius 2 is 1.94 bits per heavy atom. The summed E-state index contributed by atoms with van der Waals surface area (Å²) < 4.78 is 60.1. The molecule has 0 fully saturated rings. The standard InChI is InChI=1S/C9H6F3NO2S/c1-5-6(4-13)8(10)3-2-7(5)9(11,12)16(14)15/h2-3,16H,1H3. The van der Waals surface area contributed by atoms with Crippen molar-refractivity contribution in [2.24, 2.45) is 0 Å². The maximum atomic E-state index is 13.2. The van der Waals surface area contributed by atoms with Crippen molar-refractivity contribution in [2.45, 2.75) is 12.2 Å². The lowest BCUT2D eigenvalue weighted by Gasteiger charge is -2.13. The van der Waals surface area contributed by atoms with Crippen molar-refractivity contribution in [2.75, 3.05) is 0 Å². The van der Waals surface area contributed by atoms with Gasteiger partial charge in [0.2, 0.25) is 10.7 Å². The number of rotatable bonds is 2. The molecule has 0 aliphatic carbocycles. The van der Waals surface area contributed by atoms with E-state index in [-0.39, 0.29) is 5.56 Å². The zero-order valence-corrected chi connectivity index (χ0v) is 8.89. The molecule has 16 heavy (non-hydrogen) atoms. The molecule has 1 rings (SSSR count). The third kappa shape index (κ3) is 1.88. The van der Waals surface area contributed by atoms with Crippen LogP contribution < -0.4 is 0 Å². The Bertz CT molecular complexity index is 538. The number of nitrogens with zero attached hydrogens (tertiary/aromatic N) is 1. The number of hydrogen-bond acceptors (Lipinski definition) is 3. The highest BCUT2D eigenvalue weighted by Crippen LogP contribution is 2.33. The van der Waals surface area contributed by atoms with Crippen LogP contribution in [0.25, 0.3) is 0 Å². The van der Waals surface area contributed by atoms with E-state index in [1.807, 2.05) is 0 Å². The minimum absolute atomic E-state index is 0.369. The van der Waals surface area contributed by atoms with Gasteiger partial charge < -0.3 is 0 Å². The molecule has 0 spiro atoms. The van der Waals surface area contributed by atoms with Crippen LogP contribution >= 0.6 is 0 Å². The summed E-state index contributed by atoms with van der Waals surface area (Å²) in [6.07, 6.45) is 0. The summed E-state index contributed by atoms with van der Waals surface area (Å²) >= 11 is 0. The molecule has 3 nitrogen and oxygen atoms in total. The van der Waals surface area contributed by atoms with E-state index in [9.17, 15) is 21.6 Å². The van der Waals surface area contributed by atoms with Crippen LogP contribution in [0.4, 0.5) is 13.2 Å². The molecular formula is C9H6F3NO2S. The van der Waals surface area contributed by atoms with Crippen LogP contribution in [0.5, 0.6) is 0 Å². The molecule has 0 N–H and O–H groups in total. The van der Waals surface area contributed by atoms with Gasteiger partial charge in [-0.2, -0.15) is 14.0 Å². The highest BCUT2D eigenvalue weighted by Gasteiger charge is 2.38. The molecule has 7 heteroatoms. The number of benzene rings is 1. The highest BCUT2D eigenvalue weighted by atomic mass is 32.2. The molecule has 0 heterocycles. The van der Waals surface area contributed by atoms with Crippen molar-refractivity contribution < 1.29 is 21.6 Å². The molecule has 0 aromatic heterocycles. The molecule has 86 valence electrons. The molecule has 0 aliphatic rings. The average molecular weight is 249 g/mol. The third-order valence-electron chi connectivity index (χ3n) is 2.08. The fourth-order valence-corrected chi connectivity index (χ4v) is 1.68. The second kappa shape index (κ2) is 4.14. The van der Waals surface area contributed by atoms with Crippen molar-refractivity contribution in [3.8, 4) is 6.07 Å². The summed E-state index contributed by atoms with van der Waals surface area (Å²) in [5, 5.41) is 4.44. The second-order valence-corrected chi connectivity index (χ2v) is 4.08. The van der Waals surface area contributed by atoms with Gasteiger partial charge in [0, 0.05) is 5.56 Å². The van der Waals surface area contributed by atoms with Gasteiger partial charge in [0.25, 0.3) is 0 Å². The highest BCUT2D eigenvalue weighted by molar-refractivity contribution is 7.73. The number of halogens is 3. The van der Waals surface area contributed by atoms with E-state index in [4.69, 9.17) is 5.26 Å². The summed E-state index contributed by atoms with van der Waals surface area (Å²) in [7, 11) is -4.03. The SMILES string of the molecule is Cc1c(C(F)(F)[SH](=O)=O)ccc(F)c1C#N. The Labute approximate surface area is 91.1 Å². The van der Waals surface area contributed by atoms with Crippen LogP contribution in [0.3, 0.4) is 0 Å². The van der Waals surface area contributed by atoms with Gasteiger partial charge in [0.15, 0.2) is 0 Å². The second-order valence-electron chi connectivity index (χ2n) is 3.01. The maximum absolute atomic E-state index is 13.2. The molecule has 0 amide bonds. The Hall–Kier alpha value is -1.55. The summed E-state index contributed by atoms with van der Waals surface area (Å²) in [6, 6.07) is 2.72. The first-order valence-corrected chi connectivity index (χ1v) is 5.22. The fourth-order valence-electron chi connectivity index (χ4n) is 1.24. The Morgan fingerprint density at radius 1 is 1.38 bits per heavy atom. The third-order valence-corrected chi connectivity index (χ3v) is 2.78. The Kier molecular flexibility index (Phi) is 3.24. The largest absolute Gasteiger partial charge is 0.368 e. The van der Waals surface area contributed by atoms with E-state index in [1.165, 1.54) is 6.07 Å². The van der Waals surface area contributed by atoms with Crippen LogP contribution in [0.2, 0.25) is 0 Å². The van der Waals surface area contributed by atoms with Gasteiger partial charge in [0.05, 0.1) is 5.56 Å². The van der Waals surface area contributed by atoms with Crippen molar-refractivity contribution >= 4 is 10.7 Å². The molecule has 0 saturated heterocycles.